The first-order chi connectivity index (χ1) is 9.46. The Morgan fingerprint density at radius 2 is 1.75 bits per heavy atom. The first kappa shape index (κ1) is 15.7. The summed E-state index contributed by atoms with van der Waals surface area (Å²) in [6.45, 7) is 3.47. The molecule has 7 heteroatoms. The number of hydrogen-bond acceptors (Lipinski definition) is 6. The Kier molecular flexibility index (Phi) is 5.31. The van der Waals surface area contributed by atoms with Crippen LogP contribution in [0.3, 0.4) is 0 Å². The van der Waals surface area contributed by atoms with E-state index in [1.165, 1.54) is 14.2 Å². The molecule has 0 aromatic carbocycles. The molecular weight excluding hydrogens is 266 g/mol. The number of carbonyl (C=O) groups is 3. The molecule has 1 aromatic rings. The van der Waals surface area contributed by atoms with Gasteiger partial charge in [0.2, 0.25) is 0 Å². The number of aromatic nitrogens is 1. The van der Waals surface area contributed by atoms with Gasteiger partial charge in [0.25, 0.3) is 0 Å². The van der Waals surface area contributed by atoms with E-state index >= 15 is 0 Å². The van der Waals surface area contributed by atoms with Crippen molar-refractivity contribution in [1.82, 2.24) is 4.98 Å². The third-order valence-corrected chi connectivity index (χ3v) is 2.71. The van der Waals surface area contributed by atoms with Crippen LogP contribution in [0.4, 0.5) is 0 Å². The molecule has 0 atom stereocenters. The van der Waals surface area contributed by atoms with Crippen molar-refractivity contribution in [2.24, 2.45) is 0 Å². The summed E-state index contributed by atoms with van der Waals surface area (Å²) in [5.41, 5.74) is 0.874. The van der Waals surface area contributed by atoms with E-state index in [-0.39, 0.29) is 29.8 Å². The normalized spacial score (nSPS) is 10.0. The summed E-state index contributed by atoms with van der Waals surface area (Å²) in [5.74, 6) is -1.84. The minimum Gasteiger partial charge on any atom is -0.469 e. The van der Waals surface area contributed by atoms with Gasteiger partial charge in [0.1, 0.15) is 5.69 Å². The van der Waals surface area contributed by atoms with Gasteiger partial charge >= 0.3 is 17.9 Å². The van der Waals surface area contributed by atoms with Crippen LogP contribution in [0.2, 0.25) is 0 Å². The molecular formula is C13H17NO6. The molecule has 1 rings (SSSR count). The third kappa shape index (κ3) is 3.17. The smallest absolute Gasteiger partial charge is 0.354 e. The first-order valence-electron chi connectivity index (χ1n) is 5.99. The quantitative estimate of drug-likeness (QED) is 0.640. The Morgan fingerprint density at radius 3 is 2.25 bits per heavy atom. The van der Waals surface area contributed by atoms with Gasteiger partial charge in [0, 0.05) is 11.3 Å². The van der Waals surface area contributed by atoms with E-state index in [0.29, 0.717) is 5.69 Å². The van der Waals surface area contributed by atoms with E-state index in [9.17, 15) is 14.4 Å². The summed E-state index contributed by atoms with van der Waals surface area (Å²) in [7, 11) is 2.44. The van der Waals surface area contributed by atoms with Crippen LogP contribution >= 0.6 is 0 Å². The Balaban J connectivity index is 3.33. The number of esters is 3. The molecule has 0 aliphatic heterocycles. The molecule has 1 aromatic heterocycles. The lowest BCUT2D eigenvalue weighted by molar-refractivity contribution is -0.139. The summed E-state index contributed by atoms with van der Waals surface area (Å²) in [6.07, 6.45) is -0.223. The Morgan fingerprint density at radius 1 is 1.10 bits per heavy atom. The summed E-state index contributed by atoms with van der Waals surface area (Å²) in [4.78, 5) is 37.8. The molecule has 1 N–H and O–H groups in total. The van der Waals surface area contributed by atoms with Crippen molar-refractivity contribution >= 4 is 17.9 Å². The minimum absolute atomic E-state index is 0.0541. The highest BCUT2D eigenvalue weighted by atomic mass is 16.5. The second-order valence-electron chi connectivity index (χ2n) is 3.94. The number of H-pyrrole nitrogens is 1. The monoisotopic (exact) mass is 283 g/mol. The fraction of sp³-hybridized carbons (Fsp3) is 0.462. The average Bonchev–Trinajstić information content (AvgIpc) is 2.74. The molecule has 0 fully saturated rings. The average molecular weight is 283 g/mol. The van der Waals surface area contributed by atoms with Gasteiger partial charge in [-0.15, -0.1) is 0 Å². The van der Waals surface area contributed by atoms with E-state index in [4.69, 9.17) is 4.74 Å². The Labute approximate surface area is 116 Å². The Hall–Kier alpha value is -2.31. The minimum atomic E-state index is -0.664. The number of hydrogen-bond donors (Lipinski definition) is 1. The zero-order valence-electron chi connectivity index (χ0n) is 11.9. The van der Waals surface area contributed by atoms with E-state index in [1.807, 2.05) is 0 Å². The molecule has 0 saturated heterocycles. The second kappa shape index (κ2) is 6.74. The zero-order chi connectivity index (χ0) is 15.3. The predicted octanol–water partition coefficient (Wildman–Crippen LogP) is 1.00. The maximum atomic E-state index is 11.9. The topological polar surface area (TPSA) is 94.7 Å². The fourth-order valence-corrected chi connectivity index (χ4v) is 1.83. The predicted molar refractivity (Wildman–Crippen MR) is 68.5 cm³/mol. The largest absolute Gasteiger partial charge is 0.469 e. The molecule has 0 unspecified atom stereocenters. The van der Waals surface area contributed by atoms with Gasteiger partial charge in [0.05, 0.1) is 32.8 Å². The summed E-state index contributed by atoms with van der Waals surface area (Å²) < 4.78 is 14.1. The summed E-state index contributed by atoms with van der Waals surface area (Å²) in [5, 5.41) is 0. The summed E-state index contributed by atoms with van der Waals surface area (Å²) in [6, 6.07) is 0. The second-order valence-corrected chi connectivity index (χ2v) is 3.94. The van der Waals surface area contributed by atoms with Gasteiger partial charge in [-0.1, -0.05) is 0 Å². The molecule has 0 amide bonds. The molecule has 0 bridgehead atoms. The van der Waals surface area contributed by atoms with Crippen LogP contribution in [0.1, 0.15) is 39.0 Å². The summed E-state index contributed by atoms with van der Waals surface area (Å²) >= 11 is 0. The van der Waals surface area contributed by atoms with Crippen LogP contribution in [0.25, 0.3) is 0 Å². The zero-order valence-corrected chi connectivity index (χ0v) is 11.9. The van der Waals surface area contributed by atoms with Crippen LogP contribution in [0.15, 0.2) is 0 Å². The fourth-order valence-electron chi connectivity index (χ4n) is 1.83. The van der Waals surface area contributed by atoms with E-state index in [2.05, 4.69) is 14.5 Å². The number of ether oxygens (including phenoxy) is 3. The van der Waals surface area contributed by atoms with Gasteiger partial charge in [-0.05, 0) is 13.8 Å². The highest BCUT2D eigenvalue weighted by molar-refractivity contribution is 6.00. The number of aromatic amines is 1. The molecule has 0 radical (unpaired) electrons. The van der Waals surface area contributed by atoms with Gasteiger partial charge in [-0.2, -0.15) is 0 Å². The van der Waals surface area contributed by atoms with Crippen molar-refractivity contribution in [2.45, 2.75) is 20.3 Å². The van der Waals surface area contributed by atoms with Crippen molar-refractivity contribution < 1.29 is 28.6 Å². The van der Waals surface area contributed by atoms with E-state index in [0.717, 1.165) is 0 Å². The molecule has 7 nitrogen and oxygen atoms in total. The van der Waals surface area contributed by atoms with E-state index < -0.39 is 17.9 Å². The van der Waals surface area contributed by atoms with Crippen LogP contribution in [0, 0.1) is 6.92 Å². The van der Waals surface area contributed by atoms with Gasteiger partial charge in [-0.3, -0.25) is 4.79 Å². The van der Waals surface area contributed by atoms with Crippen LogP contribution < -0.4 is 0 Å². The molecule has 110 valence electrons. The van der Waals surface area contributed by atoms with E-state index in [1.54, 1.807) is 13.8 Å². The van der Waals surface area contributed by atoms with Gasteiger partial charge < -0.3 is 19.2 Å². The lowest BCUT2D eigenvalue weighted by Crippen LogP contribution is -2.14. The molecule has 20 heavy (non-hydrogen) atoms. The number of rotatable bonds is 5. The van der Waals surface area contributed by atoms with Crippen LogP contribution in [0.5, 0.6) is 0 Å². The van der Waals surface area contributed by atoms with Crippen LogP contribution in [-0.4, -0.2) is 43.7 Å². The highest BCUT2D eigenvalue weighted by Gasteiger charge is 2.27. The number of carbonyl (C=O) groups excluding carboxylic acids is 3. The lowest BCUT2D eigenvalue weighted by Gasteiger charge is -2.06. The Bertz CT molecular complexity index is 531. The maximum absolute atomic E-state index is 11.9. The van der Waals surface area contributed by atoms with Gasteiger partial charge in [0.15, 0.2) is 0 Å². The number of nitrogens with one attached hydrogen (secondary N) is 1. The first-order valence-corrected chi connectivity index (χ1v) is 5.99. The SMILES string of the molecule is CCOC(=O)c1c(C)[nH]c(C(=O)OC)c1CC(=O)OC. The van der Waals surface area contributed by atoms with Crippen molar-refractivity contribution in [3.8, 4) is 0 Å². The number of aryl methyl sites for hydroxylation is 1. The standard InChI is InChI=1S/C13H17NO6/c1-5-20-12(16)10-7(2)14-11(13(17)19-4)8(10)6-9(15)18-3/h14H,5-6H2,1-4H3. The molecule has 0 spiro atoms. The molecule has 0 aliphatic carbocycles. The maximum Gasteiger partial charge on any atom is 0.354 e. The molecule has 0 aliphatic rings. The van der Waals surface area contributed by atoms with Crippen molar-refractivity contribution in [1.29, 1.82) is 0 Å². The molecule has 1 heterocycles. The lowest BCUT2D eigenvalue weighted by atomic mass is 10.1. The van der Waals surface area contributed by atoms with Gasteiger partial charge in [-0.25, -0.2) is 9.59 Å². The van der Waals surface area contributed by atoms with Crippen molar-refractivity contribution in [3.63, 3.8) is 0 Å². The van der Waals surface area contributed by atoms with Crippen molar-refractivity contribution in [3.05, 3.63) is 22.5 Å². The number of methoxy groups -OCH3 is 2. The van der Waals surface area contributed by atoms with Crippen LogP contribution in [-0.2, 0) is 25.4 Å². The van der Waals surface area contributed by atoms with Crippen molar-refractivity contribution in [2.75, 3.05) is 20.8 Å². The molecule has 0 saturated carbocycles. The highest BCUT2D eigenvalue weighted by Crippen LogP contribution is 2.22. The third-order valence-electron chi connectivity index (χ3n) is 2.71.